The van der Waals surface area contributed by atoms with Crippen molar-refractivity contribution in [3.05, 3.63) is 0 Å². The summed E-state index contributed by atoms with van der Waals surface area (Å²) in [6.07, 6.45) is -1.82. The van der Waals surface area contributed by atoms with Crippen LogP contribution in [0.4, 0.5) is 0 Å². The lowest BCUT2D eigenvalue weighted by Crippen LogP contribution is -2.63. The van der Waals surface area contributed by atoms with Gasteiger partial charge in [0.25, 0.3) is 0 Å². The maximum atomic E-state index is 13.6. The van der Waals surface area contributed by atoms with E-state index in [9.17, 15) is 87.2 Å². The number of aliphatic hydroxyl groups excluding tert-OH is 2. The lowest BCUT2D eigenvalue weighted by atomic mass is 9.97. The van der Waals surface area contributed by atoms with E-state index >= 15 is 0 Å². The van der Waals surface area contributed by atoms with Gasteiger partial charge in [0.15, 0.2) is 0 Å². The Bertz CT molecular complexity index is 2370. The van der Waals surface area contributed by atoms with Gasteiger partial charge in [0, 0.05) is 17.9 Å². The number of carbonyl (C=O) groups excluding carboxylic acids is 13. The smallest absolute Gasteiger partial charge is 0.326 e. The number of aliphatic carboxylic acids is 2. The third-order valence-corrected chi connectivity index (χ3v) is 13.5. The molecule has 0 aliphatic carbocycles. The molecule has 0 rings (SSSR count). The quantitative estimate of drug-likeness (QED) is 0.0199. The second-order valence-corrected chi connectivity index (χ2v) is 21.3. The van der Waals surface area contributed by atoms with Crippen LogP contribution in [0.3, 0.4) is 0 Å². The van der Waals surface area contributed by atoms with Gasteiger partial charge in [-0.3, -0.25) is 67.1 Å². The monoisotopic (exact) mass is 1270 g/mol. The maximum absolute atomic E-state index is 13.6. The minimum absolute atomic E-state index is 0.0292. The van der Waals surface area contributed by atoms with Crippen LogP contribution in [0.25, 0.3) is 0 Å². The molecule has 0 saturated heterocycles. The Labute approximate surface area is 507 Å². The van der Waals surface area contributed by atoms with Gasteiger partial charge >= 0.3 is 11.9 Å². The average molecular weight is 1270 g/mol. The number of thiol groups is 2. The van der Waals surface area contributed by atoms with Crippen LogP contribution < -0.4 is 81.0 Å². The predicted octanol–water partition coefficient (Wildman–Crippen LogP) is -8.43. The first-order valence-corrected chi connectivity index (χ1v) is 28.7. The van der Waals surface area contributed by atoms with Crippen LogP contribution >= 0.6 is 25.3 Å². The number of unbranched alkanes of at least 4 members (excludes halogenated alkanes) is 1. The largest absolute Gasteiger partial charge is 0.481 e. The molecule has 36 heteroatoms. The van der Waals surface area contributed by atoms with Crippen LogP contribution in [0.2, 0.25) is 0 Å². The van der Waals surface area contributed by atoms with Gasteiger partial charge in [0.2, 0.25) is 76.8 Å². The van der Waals surface area contributed by atoms with Gasteiger partial charge in [-0.2, -0.15) is 25.3 Å². The SMILES string of the molecule is CC[C@H](C)[C@H](NC(=O)[C@@H](N)CC(=O)O)C(=O)N[C@@H](CS)C(=O)N[C@@H](CO)C(=O)N[C@H](C(=O)N[C@H](C(=O)N[C@@H](CS)C(=O)NCC(=O)NCC(=O)NCC(=O)N[C@H](C(=O)N[C@@H](CCC(N)=O)C(=O)N[C@@H](CCCCN)C(=O)O)C(C)C)[C@@H](C)O)C(C)C. The summed E-state index contributed by atoms with van der Waals surface area (Å²) in [5, 5.41) is 67.0. The zero-order chi connectivity index (χ0) is 66.1. The fourth-order valence-electron chi connectivity index (χ4n) is 7.43. The summed E-state index contributed by atoms with van der Waals surface area (Å²) in [4.78, 5) is 192. The van der Waals surface area contributed by atoms with Gasteiger partial charge < -0.3 is 101 Å². The molecule has 34 nitrogen and oxygen atoms in total. The van der Waals surface area contributed by atoms with Crippen molar-refractivity contribution in [2.24, 2.45) is 35.0 Å². The highest BCUT2D eigenvalue weighted by molar-refractivity contribution is 7.80. The van der Waals surface area contributed by atoms with Crippen molar-refractivity contribution in [2.75, 3.05) is 44.3 Å². The Morgan fingerprint density at radius 2 is 0.895 bits per heavy atom. The number of hydrogen-bond donors (Lipinski definition) is 21. The molecule has 0 radical (unpaired) electrons. The molecule has 0 saturated carbocycles. The van der Waals surface area contributed by atoms with Crippen LogP contribution in [-0.4, -0.2) is 220 Å². The van der Waals surface area contributed by atoms with E-state index in [1.54, 1.807) is 27.7 Å². The van der Waals surface area contributed by atoms with E-state index in [1.165, 1.54) is 13.8 Å². The van der Waals surface area contributed by atoms with E-state index < -0.39 is 211 Å². The maximum Gasteiger partial charge on any atom is 0.326 e. The fourth-order valence-corrected chi connectivity index (χ4v) is 7.94. The number of nitrogens with two attached hydrogens (primary N) is 3. The molecule has 0 fully saturated rings. The average Bonchev–Trinajstić information content (AvgIpc) is 2.08. The molecular weight excluding hydrogens is 1180 g/mol. The van der Waals surface area contributed by atoms with Crippen LogP contribution in [0, 0.1) is 17.8 Å². The Morgan fingerprint density at radius 1 is 0.477 bits per heavy atom. The van der Waals surface area contributed by atoms with Crippen LogP contribution in [-0.2, 0) is 71.9 Å². The van der Waals surface area contributed by atoms with E-state index in [-0.39, 0.29) is 31.6 Å². The Hall–Kier alpha value is -7.41. The molecular formula is C50H87N15O19S2. The van der Waals surface area contributed by atoms with Gasteiger partial charge in [-0.1, -0.05) is 48.0 Å². The van der Waals surface area contributed by atoms with Crippen molar-refractivity contribution in [1.29, 1.82) is 0 Å². The zero-order valence-corrected chi connectivity index (χ0v) is 50.8. The summed E-state index contributed by atoms with van der Waals surface area (Å²) in [5.74, 6) is -17.9. The van der Waals surface area contributed by atoms with Crippen LogP contribution in [0.1, 0.15) is 93.4 Å². The van der Waals surface area contributed by atoms with Crippen molar-refractivity contribution in [1.82, 2.24) is 63.8 Å². The van der Waals surface area contributed by atoms with Crippen molar-refractivity contribution >= 4 is 114 Å². The van der Waals surface area contributed by atoms with E-state index in [2.05, 4.69) is 89.1 Å². The summed E-state index contributed by atoms with van der Waals surface area (Å²) < 4.78 is 0. The Balaban J connectivity index is 5.61. The number of rotatable bonds is 42. The second kappa shape index (κ2) is 40.8. The number of amides is 13. The third-order valence-electron chi connectivity index (χ3n) is 12.7. The highest BCUT2D eigenvalue weighted by atomic mass is 32.1. The van der Waals surface area contributed by atoms with E-state index in [4.69, 9.17) is 22.3 Å². The number of primary amides is 1. The molecule has 13 amide bonds. The Kier molecular flexibility index (Phi) is 37.3. The molecule has 0 heterocycles. The van der Waals surface area contributed by atoms with Gasteiger partial charge in [0.1, 0.15) is 54.4 Å². The molecule has 0 spiro atoms. The van der Waals surface area contributed by atoms with Crippen molar-refractivity contribution in [2.45, 2.75) is 160 Å². The minimum atomic E-state index is -1.79. The normalized spacial score (nSPS) is 15.2. The number of nitrogens with one attached hydrogen (secondary N) is 12. The van der Waals surface area contributed by atoms with Crippen molar-refractivity contribution in [3.63, 3.8) is 0 Å². The minimum Gasteiger partial charge on any atom is -0.481 e. The van der Waals surface area contributed by atoms with Gasteiger partial charge in [-0.05, 0) is 56.9 Å². The van der Waals surface area contributed by atoms with Gasteiger partial charge in [-0.25, -0.2) is 4.79 Å². The number of carboxylic acid groups (broad SMARTS) is 2. The summed E-state index contributed by atoms with van der Waals surface area (Å²) in [5.41, 5.74) is 16.4. The number of carboxylic acids is 2. The predicted molar refractivity (Wildman–Crippen MR) is 311 cm³/mol. The molecule has 12 atom stereocenters. The first-order chi connectivity index (χ1) is 40.2. The highest BCUT2D eigenvalue weighted by Crippen LogP contribution is 2.12. The summed E-state index contributed by atoms with van der Waals surface area (Å²) in [7, 11) is 0. The molecule has 0 bridgehead atoms. The third kappa shape index (κ3) is 29.6. The number of carbonyl (C=O) groups is 15. The molecule has 0 aliphatic rings. The molecule has 22 N–H and O–H groups in total. The molecule has 488 valence electrons. The molecule has 0 aromatic carbocycles. The molecule has 0 unspecified atom stereocenters. The summed E-state index contributed by atoms with van der Waals surface area (Å²) >= 11 is 8.17. The van der Waals surface area contributed by atoms with E-state index in [0.29, 0.717) is 19.3 Å². The van der Waals surface area contributed by atoms with Gasteiger partial charge in [0.05, 0.1) is 44.8 Å². The van der Waals surface area contributed by atoms with Gasteiger partial charge in [-0.15, -0.1) is 0 Å². The van der Waals surface area contributed by atoms with Crippen LogP contribution in [0.15, 0.2) is 0 Å². The van der Waals surface area contributed by atoms with Crippen molar-refractivity contribution in [3.8, 4) is 0 Å². The molecule has 0 aliphatic heterocycles. The first-order valence-electron chi connectivity index (χ1n) is 27.4. The topological polar surface area (TPSA) is 559 Å². The standard InChI is InChI=1S/C50H87N15O19S2/c1-8-24(6)39(64-41(74)26(52)15-36(72)73)48(81)61-31(21-86)45(78)59-29(19-66)44(77)63-38(23(4)5)47(80)65-40(25(7)67)49(82)60-30(20-85)42(75)56-17-34(70)54-16-33(69)55-18-35(71)62-37(22(2)3)46(79)57-27(12-13-32(53)68)43(76)58-28(50(83)84)11-9-10-14-51/h22-31,37-40,66-67,85-86H,8-21,51-52H2,1-7H3,(H2,53,68)(H,54,70)(H,55,69)(H,56,75)(H,57,79)(H,58,76)(H,59,78)(H,60,82)(H,61,81)(H,62,71)(H,63,77)(H,64,74)(H,65,80)(H,72,73)(H,83,84)/t24-,25+,26-,27-,28-,29-,30-,31-,37-,38-,39-,40-/m0/s1. The van der Waals surface area contributed by atoms with E-state index in [0.717, 1.165) is 6.92 Å². The lowest BCUT2D eigenvalue weighted by molar-refractivity contribution is -0.142. The van der Waals surface area contributed by atoms with E-state index in [1.807, 2.05) is 0 Å². The summed E-state index contributed by atoms with van der Waals surface area (Å²) in [6.45, 7) is 7.53. The first kappa shape index (κ1) is 78.6. The Morgan fingerprint density at radius 3 is 1.37 bits per heavy atom. The lowest BCUT2D eigenvalue weighted by Gasteiger charge is -2.29. The fraction of sp³-hybridized carbons (Fsp3) is 0.700. The van der Waals surface area contributed by atoms with Crippen LogP contribution in [0.5, 0.6) is 0 Å². The second-order valence-electron chi connectivity index (χ2n) is 20.6. The molecule has 86 heavy (non-hydrogen) atoms. The molecule has 0 aromatic rings. The van der Waals surface area contributed by atoms with Crippen molar-refractivity contribution < 1.29 is 92.3 Å². The summed E-state index contributed by atoms with van der Waals surface area (Å²) in [6, 6.07) is -14.9. The number of hydrogen-bond acceptors (Lipinski definition) is 21. The zero-order valence-electron chi connectivity index (χ0n) is 49.0. The molecule has 0 aromatic heterocycles. The highest BCUT2D eigenvalue weighted by Gasteiger charge is 2.37. The number of aliphatic hydroxyl groups is 2.